The van der Waals surface area contributed by atoms with Gasteiger partial charge in [-0.3, -0.25) is 0 Å². The van der Waals surface area contributed by atoms with Crippen molar-refractivity contribution in [1.82, 2.24) is 5.32 Å². The van der Waals surface area contributed by atoms with Crippen LogP contribution in [0.4, 0.5) is 5.69 Å². The Labute approximate surface area is 140 Å². The molecular weight excluding hydrogens is 280 g/mol. The van der Waals surface area contributed by atoms with Gasteiger partial charge in [0.15, 0.2) is 0 Å². The van der Waals surface area contributed by atoms with E-state index in [-0.39, 0.29) is 5.54 Å². The zero-order chi connectivity index (χ0) is 16.6. The van der Waals surface area contributed by atoms with Gasteiger partial charge in [0.05, 0.1) is 0 Å². The topological polar surface area (TPSA) is 15.3 Å². The molecule has 0 saturated carbocycles. The highest BCUT2D eigenvalue weighted by Crippen LogP contribution is 2.44. The van der Waals surface area contributed by atoms with E-state index in [0.717, 1.165) is 6.42 Å². The molecule has 2 nitrogen and oxygen atoms in total. The fraction of sp³-hybridized carbons (Fsp3) is 0.429. The first-order chi connectivity index (χ1) is 10.8. The number of hydrogen-bond acceptors (Lipinski definition) is 2. The Morgan fingerprint density at radius 3 is 2.30 bits per heavy atom. The Morgan fingerprint density at radius 1 is 1.00 bits per heavy atom. The molecule has 0 spiro atoms. The van der Waals surface area contributed by atoms with Gasteiger partial charge in [0.1, 0.15) is 0 Å². The van der Waals surface area contributed by atoms with Crippen LogP contribution in [0, 0.1) is 0 Å². The molecule has 23 heavy (non-hydrogen) atoms. The summed E-state index contributed by atoms with van der Waals surface area (Å²) in [6.07, 6.45) is 1.11. The smallest absolute Gasteiger partial charge is 0.0400 e. The second-order valence-corrected chi connectivity index (χ2v) is 7.87. The van der Waals surface area contributed by atoms with Crippen LogP contribution < -0.4 is 10.2 Å². The van der Waals surface area contributed by atoms with Crippen LogP contribution in [0.3, 0.4) is 0 Å². The maximum atomic E-state index is 3.87. The standard InChI is InChI=1S/C21H28N2/c1-21(2,3)22-20-18(15-9-7-6-8-10-15)13-16-11-12-17(23(4)5)14-19(16)20/h6-12,14,18,20,22H,13H2,1-5H3/t18-,20+/m1/s1. The third-order valence-corrected chi connectivity index (χ3v) is 4.64. The molecule has 2 aromatic carbocycles. The van der Waals surface area contributed by atoms with E-state index < -0.39 is 0 Å². The van der Waals surface area contributed by atoms with Crippen molar-refractivity contribution in [1.29, 1.82) is 0 Å². The van der Waals surface area contributed by atoms with Crippen molar-refractivity contribution in [3.63, 3.8) is 0 Å². The zero-order valence-electron chi connectivity index (χ0n) is 14.9. The molecule has 0 saturated heterocycles. The lowest BCUT2D eigenvalue weighted by Gasteiger charge is -2.31. The van der Waals surface area contributed by atoms with Gasteiger partial charge in [-0.05, 0) is 56.0 Å². The lowest BCUT2D eigenvalue weighted by Crippen LogP contribution is -2.40. The van der Waals surface area contributed by atoms with Crippen LogP contribution in [0.15, 0.2) is 48.5 Å². The Balaban J connectivity index is 2.02. The number of nitrogens with one attached hydrogen (secondary N) is 1. The molecule has 0 bridgehead atoms. The number of nitrogens with zero attached hydrogens (tertiary/aromatic N) is 1. The van der Waals surface area contributed by atoms with E-state index in [1.807, 2.05) is 0 Å². The van der Waals surface area contributed by atoms with Crippen LogP contribution in [0.2, 0.25) is 0 Å². The van der Waals surface area contributed by atoms with Crippen LogP contribution >= 0.6 is 0 Å². The average molecular weight is 308 g/mol. The molecule has 0 amide bonds. The molecule has 0 aromatic heterocycles. The molecule has 0 heterocycles. The lowest BCUT2D eigenvalue weighted by atomic mass is 9.90. The second-order valence-electron chi connectivity index (χ2n) is 7.87. The summed E-state index contributed by atoms with van der Waals surface area (Å²) >= 11 is 0. The van der Waals surface area contributed by atoms with Crippen molar-refractivity contribution in [3.8, 4) is 0 Å². The maximum Gasteiger partial charge on any atom is 0.0400 e. The van der Waals surface area contributed by atoms with Gasteiger partial charge in [-0.1, -0.05) is 36.4 Å². The van der Waals surface area contributed by atoms with Crippen molar-refractivity contribution in [2.45, 2.75) is 44.7 Å². The highest BCUT2D eigenvalue weighted by molar-refractivity contribution is 5.54. The summed E-state index contributed by atoms with van der Waals surface area (Å²) in [5, 5.41) is 3.87. The fourth-order valence-electron chi connectivity index (χ4n) is 3.56. The maximum absolute atomic E-state index is 3.87. The predicted octanol–water partition coefficient (Wildman–Crippen LogP) is 4.52. The first-order valence-electron chi connectivity index (χ1n) is 8.48. The first-order valence-corrected chi connectivity index (χ1v) is 8.48. The summed E-state index contributed by atoms with van der Waals surface area (Å²) < 4.78 is 0. The first kappa shape index (κ1) is 16.1. The summed E-state index contributed by atoms with van der Waals surface area (Å²) in [7, 11) is 4.22. The molecule has 1 N–H and O–H groups in total. The second kappa shape index (κ2) is 6.01. The van der Waals surface area contributed by atoms with Gasteiger partial charge in [-0.2, -0.15) is 0 Å². The summed E-state index contributed by atoms with van der Waals surface area (Å²) in [6.45, 7) is 6.76. The lowest BCUT2D eigenvalue weighted by molar-refractivity contribution is 0.340. The van der Waals surface area contributed by atoms with Gasteiger partial charge in [0.25, 0.3) is 0 Å². The molecule has 2 heteroatoms. The minimum absolute atomic E-state index is 0.0907. The van der Waals surface area contributed by atoms with Crippen LogP contribution in [0.5, 0.6) is 0 Å². The molecule has 2 aromatic rings. The molecule has 0 unspecified atom stereocenters. The summed E-state index contributed by atoms with van der Waals surface area (Å²) in [5.41, 5.74) is 5.73. The van der Waals surface area contributed by atoms with E-state index in [0.29, 0.717) is 12.0 Å². The molecule has 0 radical (unpaired) electrons. The molecule has 3 rings (SSSR count). The Morgan fingerprint density at radius 2 is 1.70 bits per heavy atom. The summed E-state index contributed by atoms with van der Waals surface area (Å²) in [4.78, 5) is 2.18. The van der Waals surface area contributed by atoms with E-state index in [1.54, 1.807) is 0 Å². The van der Waals surface area contributed by atoms with Crippen LogP contribution in [0.25, 0.3) is 0 Å². The monoisotopic (exact) mass is 308 g/mol. The van der Waals surface area contributed by atoms with E-state index in [4.69, 9.17) is 0 Å². The Bertz CT molecular complexity index is 668. The molecule has 0 aliphatic heterocycles. The zero-order valence-corrected chi connectivity index (χ0v) is 14.9. The quantitative estimate of drug-likeness (QED) is 0.896. The highest BCUT2D eigenvalue weighted by atomic mass is 15.1. The van der Waals surface area contributed by atoms with Gasteiger partial charge in [0, 0.05) is 37.3 Å². The van der Waals surface area contributed by atoms with E-state index >= 15 is 0 Å². The van der Waals surface area contributed by atoms with E-state index in [9.17, 15) is 0 Å². The van der Waals surface area contributed by atoms with Gasteiger partial charge in [-0.25, -0.2) is 0 Å². The number of hydrogen-bond donors (Lipinski definition) is 1. The SMILES string of the molecule is CN(C)c1ccc2c(c1)[C@@H](NC(C)(C)C)[C@@H](c1ccccc1)C2. The largest absolute Gasteiger partial charge is 0.378 e. The predicted molar refractivity (Wildman–Crippen MR) is 99.3 cm³/mol. The third kappa shape index (κ3) is 3.42. The van der Waals surface area contributed by atoms with Crippen molar-refractivity contribution in [2.75, 3.05) is 19.0 Å². The Kier molecular flexibility index (Phi) is 4.20. The summed E-state index contributed by atoms with van der Waals surface area (Å²) in [6, 6.07) is 18.2. The van der Waals surface area contributed by atoms with E-state index in [2.05, 4.69) is 93.6 Å². The molecule has 1 aliphatic rings. The van der Waals surface area contributed by atoms with E-state index in [1.165, 1.54) is 22.4 Å². The van der Waals surface area contributed by atoms with Gasteiger partial charge >= 0.3 is 0 Å². The number of benzene rings is 2. The van der Waals surface area contributed by atoms with Crippen molar-refractivity contribution >= 4 is 5.69 Å². The van der Waals surface area contributed by atoms with Crippen LogP contribution in [0.1, 0.15) is 49.4 Å². The fourth-order valence-corrected chi connectivity index (χ4v) is 3.56. The normalized spacial score (nSPS) is 20.4. The molecule has 0 fully saturated rings. The molecule has 2 atom stereocenters. The number of rotatable bonds is 3. The molecular formula is C21H28N2. The van der Waals surface area contributed by atoms with Crippen molar-refractivity contribution in [3.05, 3.63) is 65.2 Å². The molecule has 122 valence electrons. The minimum atomic E-state index is 0.0907. The third-order valence-electron chi connectivity index (χ3n) is 4.64. The van der Waals surface area contributed by atoms with Crippen LogP contribution in [-0.4, -0.2) is 19.6 Å². The van der Waals surface area contributed by atoms with Gasteiger partial charge < -0.3 is 10.2 Å². The highest BCUT2D eigenvalue weighted by Gasteiger charge is 2.35. The minimum Gasteiger partial charge on any atom is -0.378 e. The average Bonchev–Trinajstić information content (AvgIpc) is 2.84. The van der Waals surface area contributed by atoms with Gasteiger partial charge in [-0.15, -0.1) is 0 Å². The van der Waals surface area contributed by atoms with Crippen LogP contribution in [-0.2, 0) is 6.42 Å². The van der Waals surface area contributed by atoms with Gasteiger partial charge in [0.2, 0.25) is 0 Å². The molecule has 1 aliphatic carbocycles. The Hall–Kier alpha value is -1.80. The number of anilines is 1. The number of fused-ring (bicyclic) bond motifs is 1. The van der Waals surface area contributed by atoms with Crippen molar-refractivity contribution < 1.29 is 0 Å². The van der Waals surface area contributed by atoms with Crippen molar-refractivity contribution in [2.24, 2.45) is 0 Å². The summed E-state index contributed by atoms with van der Waals surface area (Å²) in [5.74, 6) is 0.503.